The summed E-state index contributed by atoms with van der Waals surface area (Å²) in [6, 6.07) is 9.28. The maximum absolute atomic E-state index is 13.3. The molecule has 1 N–H and O–H groups in total. The summed E-state index contributed by atoms with van der Waals surface area (Å²) in [7, 11) is -2.36. The highest BCUT2D eigenvalue weighted by molar-refractivity contribution is 7.91. The first-order valence-electron chi connectivity index (χ1n) is 9.28. The first kappa shape index (κ1) is 20.8. The number of nitrogens with zero attached hydrogens (tertiary/aromatic N) is 2. The minimum atomic E-state index is -3.85. The van der Waals surface area contributed by atoms with Crippen LogP contribution in [0, 0.1) is 0 Å². The molecule has 2 aromatic rings. The van der Waals surface area contributed by atoms with Crippen molar-refractivity contribution in [2.75, 3.05) is 26.7 Å². The molecular weight excluding hydrogens is 394 g/mol. The third kappa shape index (κ3) is 4.73. The zero-order valence-electron chi connectivity index (χ0n) is 16.1. The predicted octanol–water partition coefficient (Wildman–Crippen LogP) is 1.34. The van der Waals surface area contributed by atoms with Crippen molar-refractivity contribution >= 4 is 21.7 Å². The van der Waals surface area contributed by atoms with E-state index < -0.39 is 26.9 Å². The maximum atomic E-state index is 13.3. The molecule has 3 rings (SSSR count). The van der Waals surface area contributed by atoms with Gasteiger partial charge in [-0.25, -0.2) is 8.42 Å². The molecule has 1 aliphatic heterocycles. The predicted molar refractivity (Wildman–Crippen MR) is 106 cm³/mol. The van der Waals surface area contributed by atoms with Crippen molar-refractivity contribution in [2.45, 2.75) is 23.0 Å². The van der Waals surface area contributed by atoms with Crippen molar-refractivity contribution in [2.24, 2.45) is 0 Å². The summed E-state index contributed by atoms with van der Waals surface area (Å²) in [5.74, 6) is -0.897. The molecule has 8 nitrogen and oxygen atoms in total. The number of sulfone groups is 1. The van der Waals surface area contributed by atoms with Gasteiger partial charge in [-0.2, -0.15) is 0 Å². The highest BCUT2D eigenvalue weighted by Gasteiger charge is 2.32. The number of benzene rings is 1. The largest absolute Gasteiger partial charge is 0.497 e. The van der Waals surface area contributed by atoms with Crippen LogP contribution in [-0.2, 0) is 19.4 Å². The average Bonchev–Trinajstić information content (AvgIpc) is 3.28. The number of pyridine rings is 1. The van der Waals surface area contributed by atoms with Gasteiger partial charge in [0, 0.05) is 32.0 Å². The Labute approximate surface area is 169 Å². The fourth-order valence-electron chi connectivity index (χ4n) is 3.23. The van der Waals surface area contributed by atoms with Gasteiger partial charge in [-0.05, 0) is 48.7 Å². The molecule has 1 aromatic heterocycles. The van der Waals surface area contributed by atoms with Gasteiger partial charge >= 0.3 is 11.8 Å². The molecule has 154 valence electrons. The van der Waals surface area contributed by atoms with E-state index in [0.717, 1.165) is 12.8 Å². The van der Waals surface area contributed by atoms with E-state index in [4.69, 9.17) is 4.74 Å². The van der Waals surface area contributed by atoms with E-state index in [1.54, 1.807) is 24.3 Å². The Morgan fingerprint density at radius 1 is 1.17 bits per heavy atom. The van der Waals surface area contributed by atoms with E-state index in [-0.39, 0.29) is 11.4 Å². The molecule has 2 amide bonds. The molecule has 1 aliphatic rings. The number of rotatable bonds is 6. The Hall–Kier alpha value is -2.94. The third-order valence-corrected chi connectivity index (χ3v) is 6.97. The minimum absolute atomic E-state index is 0.0901. The number of hydrogen-bond acceptors (Lipinski definition) is 6. The van der Waals surface area contributed by atoms with Crippen LogP contribution in [0.3, 0.4) is 0 Å². The second-order valence-electron chi connectivity index (χ2n) is 6.70. The number of methoxy groups -OCH3 is 1. The monoisotopic (exact) mass is 417 g/mol. The van der Waals surface area contributed by atoms with Gasteiger partial charge in [-0.15, -0.1) is 0 Å². The molecule has 1 saturated heterocycles. The van der Waals surface area contributed by atoms with Crippen molar-refractivity contribution in [3.8, 4) is 5.75 Å². The van der Waals surface area contributed by atoms with E-state index in [9.17, 15) is 18.0 Å². The van der Waals surface area contributed by atoms with Crippen LogP contribution in [0.1, 0.15) is 23.7 Å². The second-order valence-corrected chi connectivity index (χ2v) is 8.84. The van der Waals surface area contributed by atoms with E-state index in [1.807, 2.05) is 0 Å². The van der Waals surface area contributed by atoms with Crippen LogP contribution in [0.2, 0.25) is 0 Å². The van der Waals surface area contributed by atoms with Crippen LogP contribution >= 0.6 is 0 Å². The zero-order chi connectivity index (χ0) is 20.9. The maximum Gasteiger partial charge on any atom is 0.311 e. The fraction of sp³-hybridized carbons (Fsp3) is 0.350. The van der Waals surface area contributed by atoms with Gasteiger partial charge in [-0.1, -0.05) is 6.07 Å². The minimum Gasteiger partial charge on any atom is -0.497 e. The summed E-state index contributed by atoms with van der Waals surface area (Å²) >= 11 is 0. The number of ether oxygens (including phenoxy) is 1. The first-order valence-corrected chi connectivity index (χ1v) is 10.8. The Morgan fingerprint density at radius 2 is 1.86 bits per heavy atom. The quantitative estimate of drug-likeness (QED) is 0.711. The number of carbonyl (C=O) groups excluding carboxylic acids is 2. The van der Waals surface area contributed by atoms with E-state index in [1.165, 1.54) is 36.5 Å². The van der Waals surface area contributed by atoms with Gasteiger partial charge < -0.3 is 15.0 Å². The number of amides is 2. The van der Waals surface area contributed by atoms with Crippen LogP contribution in [0.15, 0.2) is 53.7 Å². The lowest BCUT2D eigenvalue weighted by Gasteiger charge is -2.20. The standard InChI is InChI=1S/C20H23N3O5S/c1-28-16-6-8-17(9-7-16)29(26,27)18(15-5-4-10-21-13-15)14-22-19(24)20(25)23-11-2-3-12-23/h4-10,13,18H,2-3,11-12,14H2,1H3,(H,22,24)/t18-/m1/s1. The van der Waals surface area contributed by atoms with Crippen LogP contribution in [-0.4, -0.2) is 56.9 Å². The smallest absolute Gasteiger partial charge is 0.311 e. The van der Waals surface area contributed by atoms with Crippen LogP contribution in [0.4, 0.5) is 0 Å². The van der Waals surface area contributed by atoms with Gasteiger partial charge in [0.2, 0.25) is 0 Å². The number of likely N-dealkylation sites (tertiary alicyclic amines) is 1. The molecule has 2 heterocycles. The average molecular weight is 417 g/mol. The number of carbonyl (C=O) groups is 2. The molecular formula is C20H23N3O5S. The van der Waals surface area contributed by atoms with Gasteiger partial charge in [0.15, 0.2) is 9.84 Å². The molecule has 9 heteroatoms. The Balaban J connectivity index is 1.82. The van der Waals surface area contributed by atoms with Gasteiger partial charge in [0.05, 0.1) is 12.0 Å². The molecule has 0 bridgehead atoms. The second kappa shape index (κ2) is 9.04. The van der Waals surface area contributed by atoms with Gasteiger partial charge in [0.25, 0.3) is 0 Å². The van der Waals surface area contributed by atoms with Crippen LogP contribution in [0.25, 0.3) is 0 Å². The summed E-state index contributed by atoms with van der Waals surface area (Å²) in [6.45, 7) is 0.851. The molecule has 0 aliphatic carbocycles. The normalized spacial score (nSPS) is 15.0. The lowest BCUT2D eigenvalue weighted by molar-refractivity contribution is -0.145. The van der Waals surface area contributed by atoms with E-state index in [2.05, 4.69) is 10.3 Å². The molecule has 0 saturated carbocycles. The zero-order valence-corrected chi connectivity index (χ0v) is 16.9. The van der Waals surface area contributed by atoms with Crippen molar-refractivity contribution in [1.29, 1.82) is 0 Å². The molecule has 0 spiro atoms. The van der Waals surface area contributed by atoms with Crippen molar-refractivity contribution in [3.05, 3.63) is 54.4 Å². The third-order valence-electron chi connectivity index (χ3n) is 4.85. The van der Waals surface area contributed by atoms with E-state index in [0.29, 0.717) is 24.4 Å². The molecule has 0 unspecified atom stereocenters. The Kier molecular flexibility index (Phi) is 6.48. The Bertz CT molecular complexity index is 955. The lowest BCUT2D eigenvalue weighted by Crippen LogP contribution is -2.43. The van der Waals surface area contributed by atoms with Gasteiger partial charge in [0.1, 0.15) is 11.0 Å². The topological polar surface area (TPSA) is 106 Å². The summed E-state index contributed by atoms with van der Waals surface area (Å²) < 4.78 is 31.6. The molecule has 1 fully saturated rings. The summed E-state index contributed by atoms with van der Waals surface area (Å²) in [6.07, 6.45) is 4.71. The lowest BCUT2D eigenvalue weighted by atomic mass is 10.2. The fourth-order valence-corrected chi connectivity index (χ4v) is 4.87. The van der Waals surface area contributed by atoms with E-state index >= 15 is 0 Å². The molecule has 1 atom stereocenters. The molecule has 1 aromatic carbocycles. The van der Waals surface area contributed by atoms with Crippen LogP contribution < -0.4 is 10.1 Å². The first-order chi connectivity index (χ1) is 13.9. The summed E-state index contributed by atoms with van der Waals surface area (Å²) in [5.41, 5.74) is 0.428. The summed E-state index contributed by atoms with van der Waals surface area (Å²) in [5, 5.41) is 1.41. The summed E-state index contributed by atoms with van der Waals surface area (Å²) in [4.78, 5) is 30.1. The van der Waals surface area contributed by atoms with Crippen molar-refractivity contribution in [3.63, 3.8) is 0 Å². The SMILES string of the molecule is COc1ccc(S(=O)(=O)[C@H](CNC(=O)C(=O)N2CCCC2)c2cccnc2)cc1. The van der Waals surface area contributed by atoms with Gasteiger partial charge in [-0.3, -0.25) is 14.6 Å². The van der Waals surface area contributed by atoms with Crippen molar-refractivity contribution < 1.29 is 22.7 Å². The van der Waals surface area contributed by atoms with Crippen LogP contribution in [0.5, 0.6) is 5.75 Å². The number of nitrogens with one attached hydrogen (secondary N) is 1. The number of hydrogen-bond donors (Lipinski definition) is 1. The molecule has 29 heavy (non-hydrogen) atoms. The molecule has 0 radical (unpaired) electrons. The Morgan fingerprint density at radius 3 is 2.45 bits per heavy atom. The number of aromatic nitrogens is 1. The highest BCUT2D eigenvalue weighted by Crippen LogP contribution is 2.29. The highest BCUT2D eigenvalue weighted by atomic mass is 32.2. The van der Waals surface area contributed by atoms with Crippen molar-refractivity contribution in [1.82, 2.24) is 15.2 Å².